The smallest absolute Gasteiger partial charge is 0.302 e. The second-order valence-electron chi connectivity index (χ2n) is 2.74. The van der Waals surface area contributed by atoms with Crippen molar-refractivity contribution in [3.05, 3.63) is 0 Å². The van der Waals surface area contributed by atoms with Crippen LogP contribution in [-0.2, 0) is 9.53 Å². The molecule has 0 heterocycles. The minimum atomic E-state index is -0.211. The van der Waals surface area contributed by atoms with Crippen LogP contribution in [-0.4, -0.2) is 35.5 Å². The molecule has 0 aromatic heterocycles. The molecule has 0 aromatic carbocycles. The van der Waals surface area contributed by atoms with Crippen molar-refractivity contribution in [2.24, 2.45) is 0 Å². The van der Waals surface area contributed by atoms with Gasteiger partial charge in [-0.25, -0.2) is 0 Å². The van der Waals surface area contributed by atoms with Gasteiger partial charge in [-0.15, -0.1) is 0 Å². The van der Waals surface area contributed by atoms with Gasteiger partial charge < -0.3 is 14.9 Å². The van der Waals surface area contributed by atoms with E-state index in [1.54, 1.807) is 20.8 Å². The Morgan fingerprint density at radius 3 is 1.64 bits per heavy atom. The molecule has 0 rings (SSSR count). The summed E-state index contributed by atoms with van der Waals surface area (Å²) in [6.07, 6.45) is 0.708. The lowest BCUT2D eigenvalue weighted by Gasteiger charge is -1.89. The van der Waals surface area contributed by atoms with E-state index in [9.17, 15) is 4.79 Å². The number of carbonyl (C=O) groups is 1. The van der Waals surface area contributed by atoms with Crippen LogP contribution in [0.25, 0.3) is 0 Å². The third kappa shape index (κ3) is 107. The summed E-state index contributed by atoms with van der Waals surface area (Å²) < 4.78 is 4.40. The Balaban J connectivity index is -0.000000135. The first kappa shape index (κ1) is 19.0. The van der Waals surface area contributed by atoms with E-state index in [0.29, 0.717) is 13.2 Å². The standard InChI is InChI=1S/C4H8O2.2C3H8O/c1-3-6-4(2)5;1-3(2)4;1-2-3-4/h3H2,1-2H3;3-4H,1-2H3;4H,2-3H2,1H3. The molecule has 14 heavy (non-hydrogen) atoms. The lowest BCUT2D eigenvalue weighted by Crippen LogP contribution is -1.95. The lowest BCUT2D eigenvalue weighted by molar-refractivity contribution is -0.140. The van der Waals surface area contributed by atoms with Crippen molar-refractivity contribution in [2.75, 3.05) is 13.2 Å². The molecule has 0 saturated carbocycles. The van der Waals surface area contributed by atoms with Crippen LogP contribution in [0.1, 0.15) is 41.0 Å². The van der Waals surface area contributed by atoms with E-state index in [-0.39, 0.29) is 12.1 Å². The molecule has 0 aliphatic heterocycles. The number of carbonyl (C=O) groups excluding carboxylic acids is 1. The summed E-state index contributed by atoms with van der Waals surface area (Å²) in [5, 5.41) is 15.9. The van der Waals surface area contributed by atoms with Crippen molar-refractivity contribution in [1.82, 2.24) is 0 Å². The quantitative estimate of drug-likeness (QED) is 0.672. The van der Waals surface area contributed by atoms with Crippen molar-refractivity contribution < 1.29 is 19.7 Å². The largest absolute Gasteiger partial charge is 0.466 e. The number of hydrogen-bond donors (Lipinski definition) is 2. The van der Waals surface area contributed by atoms with Gasteiger partial charge in [0.05, 0.1) is 6.61 Å². The highest BCUT2D eigenvalue weighted by Gasteiger charge is 1.81. The first-order chi connectivity index (χ1) is 6.42. The van der Waals surface area contributed by atoms with E-state index in [2.05, 4.69) is 4.74 Å². The van der Waals surface area contributed by atoms with Crippen LogP contribution in [0.2, 0.25) is 0 Å². The van der Waals surface area contributed by atoms with Gasteiger partial charge in [-0.2, -0.15) is 0 Å². The van der Waals surface area contributed by atoms with Gasteiger partial charge in [0.1, 0.15) is 0 Å². The van der Waals surface area contributed by atoms with Gasteiger partial charge in [0.15, 0.2) is 0 Å². The van der Waals surface area contributed by atoms with Crippen molar-refractivity contribution in [3.63, 3.8) is 0 Å². The van der Waals surface area contributed by atoms with Gasteiger partial charge in [-0.05, 0) is 27.2 Å². The monoisotopic (exact) mass is 208 g/mol. The number of ether oxygens (including phenoxy) is 1. The predicted octanol–water partition coefficient (Wildman–Crippen LogP) is 1.35. The summed E-state index contributed by atoms with van der Waals surface area (Å²) in [6, 6.07) is 0. The highest BCUT2D eigenvalue weighted by molar-refractivity contribution is 5.65. The van der Waals surface area contributed by atoms with Crippen LogP contribution in [0.3, 0.4) is 0 Å². The summed E-state index contributed by atoms with van der Waals surface area (Å²) in [5.41, 5.74) is 0. The number of aliphatic hydroxyl groups is 2. The molecule has 0 spiro atoms. The van der Waals surface area contributed by atoms with Crippen LogP contribution in [0.15, 0.2) is 0 Å². The van der Waals surface area contributed by atoms with Crippen LogP contribution in [0.5, 0.6) is 0 Å². The van der Waals surface area contributed by atoms with Crippen molar-refractivity contribution in [1.29, 1.82) is 0 Å². The molecule has 0 aliphatic rings. The maximum absolute atomic E-state index is 9.82. The Morgan fingerprint density at radius 1 is 1.36 bits per heavy atom. The molecular formula is C10H24O4. The van der Waals surface area contributed by atoms with E-state index >= 15 is 0 Å². The van der Waals surface area contributed by atoms with Crippen LogP contribution in [0.4, 0.5) is 0 Å². The Morgan fingerprint density at radius 2 is 1.64 bits per heavy atom. The van der Waals surface area contributed by atoms with Crippen LogP contribution >= 0.6 is 0 Å². The normalized spacial score (nSPS) is 8.00. The Labute approximate surface area is 86.9 Å². The van der Waals surface area contributed by atoms with Gasteiger partial charge in [-0.3, -0.25) is 4.79 Å². The molecule has 0 unspecified atom stereocenters. The highest BCUT2D eigenvalue weighted by atomic mass is 16.5. The van der Waals surface area contributed by atoms with E-state index < -0.39 is 0 Å². The fourth-order valence-corrected chi connectivity index (χ4v) is 0.203. The van der Waals surface area contributed by atoms with E-state index in [1.165, 1.54) is 6.92 Å². The van der Waals surface area contributed by atoms with Crippen LogP contribution in [0, 0.1) is 0 Å². The zero-order valence-corrected chi connectivity index (χ0v) is 9.91. The molecule has 88 valence electrons. The molecule has 4 heteroatoms. The number of hydrogen-bond acceptors (Lipinski definition) is 4. The summed E-state index contributed by atoms with van der Waals surface area (Å²) >= 11 is 0. The zero-order chi connectivity index (χ0) is 12.0. The summed E-state index contributed by atoms with van der Waals surface area (Å²) in [6.45, 7) is 9.35. The average molecular weight is 208 g/mol. The first-order valence-corrected chi connectivity index (χ1v) is 4.84. The second-order valence-corrected chi connectivity index (χ2v) is 2.74. The Kier molecular flexibility index (Phi) is 24.8. The zero-order valence-electron chi connectivity index (χ0n) is 9.91. The van der Waals surface area contributed by atoms with Gasteiger partial charge in [0.2, 0.25) is 0 Å². The van der Waals surface area contributed by atoms with E-state index in [4.69, 9.17) is 10.2 Å². The van der Waals surface area contributed by atoms with Gasteiger partial charge >= 0.3 is 5.97 Å². The van der Waals surface area contributed by atoms with E-state index in [0.717, 1.165) is 6.42 Å². The van der Waals surface area contributed by atoms with E-state index in [1.807, 2.05) is 6.92 Å². The SMILES string of the molecule is CC(C)O.CCCO.CCOC(C)=O. The Hall–Kier alpha value is -0.610. The van der Waals surface area contributed by atoms with Crippen molar-refractivity contribution in [2.45, 2.75) is 47.1 Å². The molecule has 0 fully saturated rings. The van der Waals surface area contributed by atoms with Gasteiger partial charge in [0, 0.05) is 19.6 Å². The van der Waals surface area contributed by atoms with Crippen LogP contribution < -0.4 is 0 Å². The maximum atomic E-state index is 9.82. The predicted molar refractivity (Wildman–Crippen MR) is 57.0 cm³/mol. The molecule has 0 saturated heterocycles. The molecule has 2 N–H and O–H groups in total. The van der Waals surface area contributed by atoms with Crippen molar-refractivity contribution >= 4 is 5.97 Å². The molecule has 0 radical (unpaired) electrons. The first-order valence-electron chi connectivity index (χ1n) is 4.84. The fourth-order valence-electron chi connectivity index (χ4n) is 0.203. The lowest BCUT2D eigenvalue weighted by atomic mass is 10.5. The number of rotatable bonds is 2. The maximum Gasteiger partial charge on any atom is 0.302 e. The Bertz CT molecular complexity index is 97.5. The summed E-state index contributed by atoms with van der Waals surface area (Å²) in [4.78, 5) is 9.82. The minimum absolute atomic E-state index is 0.167. The molecule has 0 aromatic rings. The third-order valence-corrected chi connectivity index (χ3v) is 0.571. The summed E-state index contributed by atoms with van der Waals surface area (Å²) in [5.74, 6) is -0.211. The molecule has 4 nitrogen and oxygen atoms in total. The summed E-state index contributed by atoms with van der Waals surface area (Å²) in [7, 11) is 0. The number of esters is 1. The second kappa shape index (κ2) is 18.2. The molecule has 0 amide bonds. The molecule has 0 bridgehead atoms. The average Bonchev–Trinajstić information content (AvgIpc) is 2.03. The molecule has 0 atom stereocenters. The molecule has 0 aliphatic carbocycles. The topological polar surface area (TPSA) is 66.8 Å². The molecular weight excluding hydrogens is 184 g/mol. The highest BCUT2D eigenvalue weighted by Crippen LogP contribution is 1.69. The third-order valence-electron chi connectivity index (χ3n) is 0.571. The number of aliphatic hydroxyl groups excluding tert-OH is 2. The fraction of sp³-hybridized carbons (Fsp3) is 0.900. The van der Waals surface area contributed by atoms with Gasteiger partial charge in [0.25, 0.3) is 0 Å². The minimum Gasteiger partial charge on any atom is -0.466 e. The van der Waals surface area contributed by atoms with Gasteiger partial charge in [-0.1, -0.05) is 6.92 Å². The van der Waals surface area contributed by atoms with Crippen molar-refractivity contribution in [3.8, 4) is 0 Å².